The van der Waals surface area contributed by atoms with Gasteiger partial charge in [-0.15, -0.1) is 0 Å². The number of pyridine rings is 1. The van der Waals surface area contributed by atoms with Gasteiger partial charge in [0.05, 0.1) is 0 Å². The maximum atomic E-state index is 4.94. The van der Waals surface area contributed by atoms with Gasteiger partial charge in [-0.1, -0.05) is 6.07 Å². The Hall–Kier alpha value is -0.833. The molecule has 1 aromatic rings. The van der Waals surface area contributed by atoms with Crippen molar-refractivity contribution < 1.29 is 4.43 Å². The van der Waals surface area contributed by atoms with Crippen molar-refractivity contribution in [3.05, 3.63) is 24.4 Å². The highest BCUT2D eigenvalue weighted by Gasteiger charge is 1.81. The molecule has 0 spiro atoms. The van der Waals surface area contributed by atoms with Crippen molar-refractivity contribution in [2.24, 2.45) is 0 Å². The number of nitrogens with zero attached hydrogens (tertiary/aromatic N) is 1. The highest BCUT2D eigenvalue weighted by molar-refractivity contribution is 5.99. The minimum Gasteiger partial charge on any atom is -0.540 e. The summed E-state index contributed by atoms with van der Waals surface area (Å²) in [5.41, 5.74) is 0. The molecule has 0 aromatic carbocycles. The number of rotatable bonds is 1. The van der Waals surface area contributed by atoms with Crippen LogP contribution in [0.2, 0.25) is 0 Å². The van der Waals surface area contributed by atoms with E-state index in [4.69, 9.17) is 4.43 Å². The van der Waals surface area contributed by atoms with E-state index in [0.717, 1.165) is 5.88 Å². The molecule has 2 nitrogen and oxygen atoms in total. The molecule has 3 heteroatoms. The molecule has 0 atom stereocenters. The average Bonchev–Trinajstić information content (AvgIpc) is 1.90. The molecule has 0 aliphatic carbocycles. The van der Waals surface area contributed by atoms with Gasteiger partial charge in [-0.2, -0.15) is 0 Å². The quantitative estimate of drug-likeness (QED) is 0.482. The van der Waals surface area contributed by atoms with Gasteiger partial charge < -0.3 is 4.43 Å². The molecule has 0 N–H and O–H groups in total. The van der Waals surface area contributed by atoms with Crippen molar-refractivity contribution in [2.45, 2.75) is 0 Å². The molecule has 0 amide bonds. The lowest BCUT2D eigenvalue weighted by atomic mass is 10.5. The molecule has 0 radical (unpaired) electrons. The second-order valence-electron chi connectivity index (χ2n) is 1.37. The van der Waals surface area contributed by atoms with Gasteiger partial charge in [0.15, 0.2) is 5.88 Å². The van der Waals surface area contributed by atoms with Crippen molar-refractivity contribution in [1.29, 1.82) is 0 Å². The molecule has 0 saturated heterocycles. The minimum atomic E-state index is 0.714. The zero-order valence-electron chi connectivity index (χ0n) is 4.66. The molecule has 0 unspecified atom stereocenters. The van der Waals surface area contributed by atoms with Gasteiger partial charge in [0.25, 0.3) is 0 Å². The van der Waals surface area contributed by atoms with Crippen LogP contribution >= 0.6 is 0 Å². The highest BCUT2D eigenvalue weighted by Crippen LogP contribution is 1.99. The normalized spacial score (nSPS) is 9.00. The second kappa shape index (κ2) is 2.47. The van der Waals surface area contributed by atoms with Crippen LogP contribution in [-0.4, -0.2) is 15.5 Å². The first kappa shape index (κ1) is 5.31. The fraction of sp³-hybridized carbons (Fsp3) is 0. The Labute approximate surface area is 51.1 Å². The van der Waals surface area contributed by atoms with Crippen LogP contribution in [0.3, 0.4) is 0 Å². The smallest absolute Gasteiger partial charge is 0.206 e. The van der Waals surface area contributed by atoms with Crippen LogP contribution in [-0.2, 0) is 0 Å². The van der Waals surface area contributed by atoms with E-state index in [-0.39, 0.29) is 0 Å². The summed E-state index contributed by atoms with van der Waals surface area (Å²) in [6.45, 7) is 0. The molecule has 0 aliphatic rings. The van der Waals surface area contributed by atoms with E-state index in [1.165, 1.54) is 0 Å². The maximum absolute atomic E-state index is 4.94. The third kappa shape index (κ3) is 1.07. The number of aromatic nitrogens is 1. The molecule has 8 heavy (non-hydrogen) atoms. The Balaban J connectivity index is 2.83. The lowest BCUT2D eigenvalue weighted by Gasteiger charge is -1.93. The van der Waals surface area contributed by atoms with Gasteiger partial charge in [-0.25, -0.2) is 4.98 Å². The second-order valence-corrected chi connectivity index (χ2v) is 1.78. The van der Waals surface area contributed by atoms with Crippen LogP contribution in [0.15, 0.2) is 24.4 Å². The molecule has 1 aromatic heterocycles. The lowest BCUT2D eigenvalue weighted by molar-refractivity contribution is 0.588. The zero-order chi connectivity index (χ0) is 5.82. The van der Waals surface area contributed by atoms with Crippen LogP contribution in [0.1, 0.15) is 0 Å². The first-order chi connectivity index (χ1) is 3.93. The van der Waals surface area contributed by atoms with Crippen LogP contribution in [0, 0.1) is 0 Å². The van der Waals surface area contributed by atoms with E-state index in [2.05, 4.69) is 4.98 Å². The van der Waals surface area contributed by atoms with Crippen molar-refractivity contribution in [2.75, 3.05) is 0 Å². The van der Waals surface area contributed by atoms with E-state index in [1.54, 1.807) is 6.20 Å². The van der Waals surface area contributed by atoms with Crippen LogP contribution < -0.4 is 4.43 Å². The molecule has 0 fully saturated rings. The Morgan fingerprint density at radius 1 is 1.50 bits per heavy atom. The molecule has 1 rings (SSSR count). The Morgan fingerprint density at radius 2 is 2.38 bits per heavy atom. The Morgan fingerprint density at radius 3 is 2.75 bits per heavy atom. The van der Waals surface area contributed by atoms with Gasteiger partial charge >= 0.3 is 0 Å². The van der Waals surface area contributed by atoms with E-state index >= 15 is 0 Å². The predicted octanol–water partition coefficient (Wildman–Crippen LogP) is -0.259. The van der Waals surface area contributed by atoms with E-state index in [9.17, 15) is 0 Å². The zero-order valence-corrected chi connectivity index (χ0v) is 6.66. The van der Waals surface area contributed by atoms with Crippen LogP contribution in [0.4, 0.5) is 0 Å². The molecule has 0 aliphatic heterocycles. The third-order valence-electron chi connectivity index (χ3n) is 0.847. The molecular weight excluding hydrogens is 118 g/mol. The summed E-state index contributed by atoms with van der Waals surface area (Å²) >= 11 is 0. The SMILES string of the molecule is [SiH3]Oc1ccccn1. The largest absolute Gasteiger partial charge is 0.540 e. The van der Waals surface area contributed by atoms with E-state index in [0.29, 0.717) is 10.5 Å². The topological polar surface area (TPSA) is 22.1 Å². The van der Waals surface area contributed by atoms with Crippen LogP contribution in [0.5, 0.6) is 5.88 Å². The standard InChI is InChI=1S/C5H7NOSi/c8-7-5-3-1-2-4-6-5/h1-4H,8H3. The highest BCUT2D eigenvalue weighted by atomic mass is 28.2. The fourth-order valence-corrected chi connectivity index (χ4v) is 0.709. The van der Waals surface area contributed by atoms with Crippen molar-refractivity contribution >= 4 is 10.5 Å². The molecule has 42 valence electrons. The van der Waals surface area contributed by atoms with Gasteiger partial charge in [-0.05, 0) is 12.1 Å². The van der Waals surface area contributed by atoms with Crippen molar-refractivity contribution in [3.63, 3.8) is 0 Å². The van der Waals surface area contributed by atoms with Crippen molar-refractivity contribution in [1.82, 2.24) is 4.98 Å². The van der Waals surface area contributed by atoms with Gasteiger partial charge in [0.1, 0.15) is 0 Å². The van der Waals surface area contributed by atoms with Gasteiger partial charge in [-0.3, -0.25) is 0 Å². The van der Waals surface area contributed by atoms with Gasteiger partial charge in [0, 0.05) is 6.20 Å². The fourth-order valence-electron chi connectivity index (χ4n) is 0.468. The summed E-state index contributed by atoms with van der Waals surface area (Å²) in [6.07, 6.45) is 1.72. The Bertz CT molecular complexity index is 154. The lowest BCUT2D eigenvalue weighted by Crippen LogP contribution is -1.85. The summed E-state index contributed by atoms with van der Waals surface area (Å²) in [5, 5.41) is 0. The summed E-state index contributed by atoms with van der Waals surface area (Å²) in [5.74, 6) is 0.721. The summed E-state index contributed by atoms with van der Waals surface area (Å²) in [6, 6.07) is 5.61. The minimum absolute atomic E-state index is 0.714. The Kier molecular flexibility index (Phi) is 1.64. The molecule has 0 bridgehead atoms. The molecule has 0 saturated carbocycles. The van der Waals surface area contributed by atoms with Crippen molar-refractivity contribution in [3.8, 4) is 5.88 Å². The van der Waals surface area contributed by atoms with E-state index in [1.807, 2.05) is 18.2 Å². The molecule has 1 heterocycles. The predicted molar refractivity (Wildman–Crippen MR) is 34.8 cm³/mol. The monoisotopic (exact) mass is 125 g/mol. The summed E-state index contributed by atoms with van der Waals surface area (Å²) < 4.78 is 4.94. The van der Waals surface area contributed by atoms with E-state index < -0.39 is 0 Å². The van der Waals surface area contributed by atoms with Crippen LogP contribution in [0.25, 0.3) is 0 Å². The number of hydrogen-bond acceptors (Lipinski definition) is 2. The van der Waals surface area contributed by atoms with Gasteiger partial charge in [0.2, 0.25) is 10.5 Å². The summed E-state index contributed by atoms with van der Waals surface area (Å²) in [4.78, 5) is 3.91. The average molecular weight is 125 g/mol. The number of hydrogen-bond donors (Lipinski definition) is 0. The maximum Gasteiger partial charge on any atom is 0.206 e. The third-order valence-corrected chi connectivity index (χ3v) is 1.27. The first-order valence-corrected chi connectivity index (χ1v) is 3.20. The first-order valence-electron chi connectivity index (χ1n) is 2.38. The summed E-state index contributed by atoms with van der Waals surface area (Å²) in [7, 11) is 0.714. The molecular formula is C5H7NOSi.